The van der Waals surface area contributed by atoms with Crippen molar-refractivity contribution in [1.82, 2.24) is 5.32 Å². The molecule has 0 aliphatic rings. The summed E-state index contributed by atoms with van der Waals surface area (Å²) in [4.78, 5) is 0. The molecule has 0 bridgehead atoms. The van der Waals surface area contributed by atoms with Crippen molar-refractivity contribution in [3.05, 3.63) is 29.8 Å². The van der Waals surface area contributed by atoms with Gasteiger partial charge in [-0.05, 0) is 29.5 Å². The molecular weight excluding hydrogens is 283 g/mol. The molecule has 0 saturated heterocycles. The van der Waals surface area contributed by atoms with Crippen LogP contribution in [0.5, 0.6) is 5.75 Å². The zero-order valence-electron chi connectivity index (χ0n) is 12.6. The monoisotopic (exact) mass is 305 g/mol. The molecule has 120 valence electrons. The van der Waals surface area contributed by atoms with Gasteiger partial charge in [-0.25, -0.2) is 0 Å². The predicted octanol–water partition coefficient (Wildman–Crippen LogP) is 3.74. The maximum atomic E-state index is 12.0. The SMILES string of the molecule is COCCC(C)(C)CNCc1ccc(OC(F)(F)F)cc1. The second-order valence-electron chi connectivity index (χ2n) is 5.70. The summed E-state index contributed by atoms with van der Waals surface area (Å²) in [5.41, 5.74) is 1.02. The van der Waals surface area contributed by atoms with Crippen molar-refractivity contribution in [3.63, 3.8) is 0 Å². The van der Waals surface area contributed by atoms with Crippen LogP contribution in [0.3, 0.4) is 0 Å². The lowest BCUT2D eigenvalue weighted by molar-refractivity contribution is -0.274. The second kappa shape index (κ2) is 7.66. The van der Waals surface area contributed by atoms with Gasteiger partial charge in [0.2, 0.25) is 0 Å². The summed E-state index contributed by atoms with van der Waals surface area (Å²) in [6.45, 7) is 6.39. The van der Waals surface area contributed by atoms with E-state index < -0.39 is 6.36 Å². The van der Waals surface area contributed by atoms with E-state index in [9.17, 15) is 13.2 Å². The molecule has 1 N–H and O–H groups in total. The number of alkyl halides is 3. The first kappa shape index (κ1) is 17.8. The topological polar surface area (TPSA) is 30.5 Å². The van der Waals surface area contributed by atoms with E-state index in [0.717, 1.165) is 18.5 Å². The van der Waals surface area contributed by atoms with Gasteiger partial charge in [-0.1, -0.05) is 26.0 Å². The van der Waals surface area contributed by atoms with Crippen molar-refractivity contribution < 1.29 is 22.6 Å². The molecule has 1 aromatic rings. The molecule has 0 radical (unpaired) electrons. The van der Waals surface area contributed by atoms with E-state index in [-0.39, 0.29) is 11.2 Å². The van der Waals surface area contributed by atoms with Crippen LogP contribution in [-0.4, -0.2) is 26.6 Å². The Kier molecular flexibility index (Phi) is 6.48. The van der Waals surface area contributed by atoms with Gasteiger partial charge in [0.1, 0.15) is 5.75 Å². The molecule has 0 atom stereocenters. The summed E-state index contributed by atoms with van der Waals surface area (Å²) in [5.74, 6) is -0.202. The minimum atomic E-state index is -4.65. The van der Waals surface area contributed by atoms with Crippen molar-refractivity contribution in [2.24, 2.45) is 5.41 Å². The van der Waals surface area contributed by atoms with Crippen LogP contribution in [0, 0.1) is 5.41 Å². The van der Waals surface area contributed by atoms with Gasteiger partial charge in [0.15, 0.2) is 0 Å². The molecule has 0 spiro atoms. The first-order valence-electron chi connectivity index (χ1n) is 6.76. The van der Waals surface area contributed by atoms with Crippen LogP contribution in [-0.2, 0) is 11.3 Å². The lowest BCUT2D eigenvalue weighted by atomic mass is 9.89. The fourth-order valence-electron chi connectivity index (χ4n) is 1.82. The summed E-state index contributed by atoms with van der Waals surface area (Å²) >= 11 is 0. The molecule has 1 aromatic carbocycles. The molecule has 0 aromatic heterocycles. The molecule has 1 rings (SSSR count). The van der Waals surface area contributed by atoms with Gasteiger partial charge >= 0.3 is 6.36 Å². The average molecular weight is 305 g/mol. The van der Waals surface area contributed by atoms with Gasteiger partial charge in [-0.3, -0.25) is 0 Å². The largest absolute Gasteiger partial charge is 0.573 e. The summed E-state index contributed by atoms with van der Waals surface area (Å²) < 4.78 is 45.0. The maximum absolute atomic E-state index is 12.0. The number of nitrogens with one attached hydrogen (secondary N) is 1. The molecule has 0 saturated carbocycles. The van der Waals surface area contributed by atoms with Crippen molar-refractivity contribution >= 4 is 0 Å². The number of hydrogen-bond donors (Lipinski definition) is 1. The fourth-order valence-corrected chi connectivity index (χ4v) is 1.82. The predicted molar refractivity (Wildman–Crippen MR) is 75.1 cm³/mol. The minimum Gasteiger partial charge on any atom is -0.406 e. The first-order valence-corrected chi connectivity index (χ1v) is 6.76. The number of hydrogen-bond acceptors (Lipinski definition) is 3. The van der Waals surface area contributed by atoms with Crippen LogP contribution in [0.25, 0.3) is 0 Å². The zero-order chi connectivity index (χ0) is 15.9. The van der Waals surface area contributed by atoms with Gasteiger partial charge in [-0.2, -0.15) is 0 Å². The van der Waals surface area contributed by atoms with Crippen LogP contribution < -0.4 is 10.1 Å². The third-order valence-corrected chi connectivity index (χ3v) is 3.07. The highest BCUT2D eigenvalue weighted by Crippen LogP contribution is 2.23. The first-order chi connectivity index (χ1) is 9.72. The Morgan fingerprint density at radius 3 is 2.24 bits per heavy atom. The lowest BCUT2D eigenvalue weighted by Gasteiger charge is -2.24. The Morgan fingerprint density at radius 2 is 1.71 bits per heavy atom. The summed E-state index contributed by atoms with van der Waals surface area (Å²) in [6.07, 6.45) is -3.71. The van der Waals surface area contributed by atoms with Gasteiger partial charge in [0.05, 0.1) is 0 Å². The van der Waals surface area contributed by atoms with E-state index >= 15 is 0 Å². The molecule has 0 amide bonds. The molecular formula is C15H22F3NO2. The van der Waals surface area contributed by atoms with Crippen molar-refractivity contribution in [2.75, 3.05) is 20.3 Å². The zero-order valence-corrected chi connectivity index (χ0v) is 12.6. The van der Waals surface area contributed by atoms with E-state index in [0.29, 0.717) is 13.2 Å². The third-order valence-electron chi connectivity index (χ3n) is 3.07. The quantitative estimate of drug-likeness (QED) is 0.793. The molecule has 3 nitrogen and oxygen atoms in total. The average Bonchev–Trinajstić information content (AvgIpc) is 2.37. The third kappa shape index (κ3) is 7.92. The van der Waals surface area contributed by atoms with E-state index in [1.807, 2.05) is 0 Å². The Labute approximate surface area is 123 Å². The van der Waals surface area contributed by atoms with Gasteiger partial charge in [0.25, 0.3) is 0 Å². The van der Waals surface area contributed by atoms with Gasteiger partial charge in [-0.15, -0.1) is 13.2 Å². The van der Waals surface area contributed by atoms with Crippen LogP contribution in [0.1, 0.15) is 25.8 Å². The van der Waals surface area contributed by atoms with E-state index in [4.69, 9.17) is 4.74 Å². The minimum absolute atomic E-state index is 0.106. The Hall–Kier alpha value is -1.27. The highest BCUT2D eigenvalue weighted by molar-refractivity contribution is 5.27. The number of benzene rings is 1. The Morgan fingerprint density at radius 1 is 1.10 bits per heavy atom. The number of methoxy groups -OCH3 is 1. The fraction of sp³-hybridized carbons (Fsp3) is 0.600. The van der Waals surface area contributed by atoms with Crippen LogP contribution in [0.15, 0.2) is 24.3 Å². The standard InChI is InChI=1S/C15H22F3NO2/c1-14(2,8-9-20-3)11-19-10-12-4-6-13(7-5-12)21-15(16,17)18/h4-7,19H,8-11H2,1-3H3. The Bertz CT molecular complexity index is 416. The molecule has 0 fully saturated rings. The number of ether oxygens (including phenoxy) is 2. The van der Waals surface area contributed by atoms with Crippen LogP contribution >= 0.6 is 0 Å². The van der Waals surface area contributed by atoms with Crippen molar-refractivity contribution in [3.8, 4) is 5.75 Å². The molecule has 0 heterocycles. The summed E-state index contributed by atoms with van der Waals surface area (Å²) in [6, 6.07) is 5.88. The smallest absolute Gasteiger partial charge is 0.406 e. The molecule has 0 unspecified atom stereocenters. The van der Waals surface area contributed by atoms with Crippen LogP contribution in [0.4, 0.5) is 13.2 Å². The van der Waals surface area contributed by atoms with Crippen molar-refractivity contribution in [2.45, 2.75) is 33.2 Å². The van der Waals surface area contributed by atoms with Gasteiger partial charge < -0.3 is 14.8 Å². The number of halogens is 3. The highest BCUT2D eigenvalue weighted by atomic mass is 19.4. The Balaban J connectivity index is 2.39. The van der Waals surface area contributed by atoms with E-state index in [1.54, 1.807) is 19.2 Å². The lowest BCUT2D eigenvalue weighted by Crippen LogP contribution is -2.30. The van der Waals surface area contributed by atoms with Crippen molar-refractivity contribution in [1.29, 1.82) is 0 Å². The molecule has 0 aliphatic heterocycles. The molecule has 0 aliphatic carbocycles. The summed E-state index contributed by atoms with van der Waals surface area (Å²) in [7, 11) is 1.67. The van der Waals surface area contributed by atoms with Gasteiger partial charge in [0, 0.05) is 26.8 Å². The second-order valence-corrected chi connectivity index (χ2v) is 5.70. The highest BCUT2D eigenvalue weighted by Gasteiger charge is 2.30. The maximum Gasteiger partial charge on any atom is 0.573 e. The normalized spacial score (nSPS) is 12.5. The van der Waals surface area contributed by atoms with E-state index in [1.165, 1.54) is 12.1 Å². The van der Waals surface area contributed by atoms with E-state index in [2.05, 4.69) is 23.9 Å². The van der Waals surface area contributed by atoms with Crippen LogP contribution in [0.2, 0.25) is 0 Å². The number of rotatable bonds is 8. The molecule has 21 heavy (non-hydrogen) atoms. The molecule has 6 heteroatoms. The summed E-state index contributed by atoms with van der Waals surface area (Å²) in [5, 5.41) is 3.30.